The van der Waals surface area contributed by atoms with Crippen LogP contribution >= 0.6 is 0 Å². The number of carbonyl (C=O) groups is 1. The van der Waals surface area contributed by atoms with Crippen molar-refractivity contribution >= 4 is 22.1 Å². The van der Waals surface area contributed by atoms with Crippen LogP contribution in [0.5, 0.6) is 0 Å². The highest BCUT2D eigenvalue weighted by atomic mass is 32.2. The summed E-state index contributed by atoms with van der Waals surface area (Å²) in [6, 6.07) is 17.9. The van der Waals surface area contributed by atoms with Crippen molar-refractivity contribution in [1.29, 1.82) is 5.26 Å². The van der Waals surface area contributed by atoms with E-state index in [2.05, 4.69) is 0 Å². The number of hydrogen-bond acceptors (Lipinski definition) is 6. The summed E-state index contributed by atoms with van der Waals surface area (Å²) in [6.07, 6.45) is 6.88. The fourth-order valence-electron chi connectivity index (χ4n) is 4.17. The second-order valence-electron chi connectivity index (χ2n) is 8.45. The molecule has 0 spiro atoms. The van der Waals surface area contributed by atoms with E-state index in [1.165, 1.54) is 6.08 Å². The summed E-state index contributed by atoms with van der Waals surface area (Å²) in [5.74, 6) is -0.726. The molecule has 9 heteroatoms. The lowest BCUT2D eigenvalue weighted by Crippen LogP contribution is -2.31. The van der Waals surface area contributed by atoms with Crippen LogP contribution < -0.4 is 0 Å². The molecule has 1 saturated heterocycles. The minimum Gasteiger partial charge on any atom is -0.462 e. The van der Waals surface area contributed by atoms with E-state index < -0.39 is 16.0 Å². The number of carbonyl (C=O) groups excluding carboxylic acids is 1. The number of ether oxygens (including phenoxy) is 1. The van der Waals surface area contributed by atoms with Crippen molar-refractivity contribution in [2.75, 3.05) is 19.7 Å². The maximum Gasteiger partial charge on any atom is 0.348 e. The Labute approximate surface area is 211 Å². The Morgan fingerprint density at radius 2 is 1.81 bits per heavy atom. The second-order valence-corrected chi connectivity index (χ2v) is 10.4. The summed E-state index contributed by atoms with van der Waals surface area (Å²) in [4.78, 5) is 12.5. The number of nitrogens with zero attached hydrogens (tertiary/aromatic N) is 4. The fourth-order valence-corrected chi connectivity index (χ4v) is 5.73. The standard InChI is InChI=1S/C27H28N4O4S/c1-2-35-27(32)22(19-28)17-23-20-31(24-12-6-5-7-13-24)29-26(23)21-11-10-14-25(18-21)36(33,34)30-15-8-3-4-9-16-30/h5-7,10-14,17-18,20H,2-4,8-9,15-16H2,1H3. The first-order valence-electron chi connectivity index (χ1n) is 12.0. The van der Waals surface area contributed by atoms with E-state index in [0.717, 1.165) is 31.4 Å². The van der Waals surface area contributed by atoms with Crippen molar-refractivity contribution in [3.63, 3.8) is 0 Å². The number of hydrogen-bond donors (Lipinski definition) is 0. The van der Waals surface area contributed by atoms with E-state index >= 15 is 0 Å². The first kappa shape index (κ1) is 25.4. The molecule has 0 bridgehead atoms. The Hall–Kier alpha value is -3.74. The van der Waals surface area contributed by atoms with Crippen molar-refractivity contribution in [3.05, 3.63) is 71.9 Å². The lowest BCUT2D eigenvalue weighted by molar-refractivity contribution is -0.137. The molecule has 4 rings (SSSR count). The van der Waals surface area contributed by atoms with Gasteiger partial charge in [-0.2, -0.15) is 14.7 Å². The monoisotopic (exact) mass is 504 g/mol. The van der Waals surface area contributed by atoms with Crippen molar-refractivity contribution in [3.8, 4) is 23.0 Å². The first-order chi connectivity index (χ1) is 17.4. The summed E-state index contributed by atoms with van der Waals surface area (Å²) < 4.78 is 35.0. The highest BCUT2D eigenvalue weighted by Crippen LogP contribution is 2.29. The molecule has 1 aromatic heterocycles. The third-order valence-electron chi connectivity index (χ3n) is 5.99. The molecule has 8 nitrogen and oxygen atoms in total. The van der Waals surface area contributed by atoms with Gasteiger partial charge in [0.1, 0.15) is 17.3 Å². The van der Waals surface area contributed by atoms with Gasteiger partial charge in [0.2, 0.25) is 10.0 Å². The van der Waals surface area contributed by atoms with E-state index in [1.54, 1.807) is 46.4 Å². The smallest absolute Gasteiger partial charge is 0.348 e. The Bertz CT molecular complexity index is 1400. The normalized spacial score (nSPS) is 15.2. The van der Waals surface area contributed by atoms with Crippen LogP contribution in [0.15, 0.2) is 71.3 Å². The predicted molar refractivity (Wildman–Crippen MR) is 136 cm³/mol. The van der Waals surface area contributed by atoms with Crippen LogP contribution in [0.2, 0.25) is 0 Å². The van der Waals surface area contributed by atoms with Gasteiger partial charge in [0.25, 0.3) is 0 Å². The lowest BCUT2D eigenvalue weighted by atomic mass is 10.1. The molecule has 3 aromatic rings. The molecule has 0 N–H and O–H groups in total. The average Bonchev–Trinajstić information content (AvgIpc) is 3.11. The molecule has 0 amide bonds. The number of aromatic nitrogens is 2. The van der Waals surface area contributed by atoms with Crippen molar-refractivity contribution in [2.45, 2.75) is 37.5 Å². The summed E-state index contributed by atoms with van der Waals surface area (Å²) in [5, 5.41) is 14.3. The number of nitriles is 1. The molecule has 0 aliphatic carbocycles. The molecule has 186 valence electrons. The topological polar surface area (TPSA) is 105 Å². The largest absolute Gasteiger partial charge is 0.462 e. The number of esters is 1. The van der Waals surface area contributed by atoms with Crippen LogP contribution in [0.25, 0.3) is 23.0 Å². The van der Waals surface area contributed by atoms with Crippen molar-refractivity contribution in [1.82, 2.24) is 14.1 Å². The van der Waals surface area contributed by atoms with Crippen molar-refractivity contribution < 1.29 is 17.9 Å². The zero-order valence-electron chi connectivity index (χ0n) is 20.1. The molecule has 0 saturated carbocycles. The molecule has 2 aromatic carbocycles. The first-order valence-corrected chi connectivity index (χ1v) is 13.4. The zero-order chi connectivity index (χ0) is 25.5. The Kier molecular flexibility index (Phi) is 7.98. The molecule has 0 atom stereocenters. The quantitative estimate of drug-likeness (QED) is 0.265. The van der Waals surface area contributed by atoms with E-state index in [1.807, 2.05) is 36.4 Å². The van der Waals surface area contributed by atoms with Crippen LogP contribution in [-0.2, 0) is 19.6 Å². The molecule has 0 unspecified atom stereocenters. The lowest BCUT2D eigenvalue weighted by Gasteiger charge is -2.20. The van der Waals surface area contributed by atoms with Gasteiger partial charge in [-0.3, -0.25) is 0 Å². The van der Waals surface area contributed by atoms with Gasteiger partial charge in [-0.25, -0.2) is 17.9 Å². The minimum absolute atomic E-state index is 0.143. The molecular formula is C27H28N4O4S. The Balaban J connectivity index is 1.81. The molecule has 1 aliphatic heterocycles. The summed E-state index contributed by atoms with van der Waals surface area (Å²) >= 11 is 0. The highest BCUT2D eigenvalue weighted by molar-refractivity contribution is 7.89. The van der Waals surface area contributed by atoms with Gasteiger partial charge in [-0.05, 0) is 50.1 Å². The van der Waals surface area contributed by atoms with E-state index in [9.17, 15) is 18.5 Å². The maximum absolute atomic E-state index is 13.4. The summed E-state index contributed by atoms with van der Waals surface area (Å²) in [7, 11) is -3.67. The van der Waals surface area contributed by atoms with Gasteiger partial charge < -0.3 is 4.74 Å². The predicted octanol–water partition coefficient (Wildman–Crippen LogP) is 4.57. The van der Waals surface area contributed by atoms with E-state index in [-0.39, 0.29) is 17.1 Å². The van der Waals surface area contributed by atoms with Gasteiger partial charge in [-0.15, -0.1) is 0 Å². The highest BCUT2D eigenvalue weighted by Gasteiger charge is 2.26. The third-order valence-corrected chi connectivity index (χ3v) is 7.88. The second kappa shape index (κ2) is 11.3. The van der Waals surface area contributed by atoms with Crippen LogP contribution in [-0.4, -0.2) is 48.2 Å². The SMILES string of the molecule is CCOC(=O)C(C#N)=Cc1cn(-c2ccccc2)nc1-c1cccc(S(=O)(=O)N2CCCCCC2)c1. The number of sulfonamides is 1. The van der Waals surface area contributed by atoms with Crippen LogP contribution in [0.3, 0.4) is 0 Å². The summed E-state index contributed by atoms with van der Waals surface area (Å²) in [6.45, 7) is 2.83. The number of benzene rings is 2. The molecule has 1 aliphatic rings. The fraction of sp³-hybridized carbons (Fsp3) is 0.296. The zero-order valence-corrected chi connectivity index (χ0v) is 20.9. The number of para-hydroxylation sites is 1. The van der Waals surface area contributed by atoms with Gasteiger partial charge >= 0.3 is 5.97 Å². The maximum atomic E-state index is 13.4. The molecular weight excluding hydrogens is 476 g/mol. The van der Waals surface area contributed by atoms with Crippen molar-refractivity contribution in [2.24, 2.45) is 0 Å². The van der Waals surface area contributed by atoms with E-state index in [0.29, 0.717) is 29.9 Å². The summed E-state index contributed by atoms with van der Waals surface area (Å²) in [5.41, 5.74) is 2.12. The van der Waals surface area contributed by atoms with Crippen LogP contribution in [0.4, 0.5) is 0 Å². The van der Waals surface area contributed by atoms with Crippen LogP contribution in [0.1, 0.15) is 38.2 Å². The average molecular weight is 505 g/mol. The van der Waals surface area contributed by atoms with Gasteiger partial charge in [-0.1, -0.05) is 43.2 Å². The van der Waals surface area contributed by atoms with E-state index in [4.69, 9.17) is 9.84 Å². The Morgan fingerprint density at radius 3 is 2.47 bits per heavy atom. The molecule has 1 fully saturated rings. The molecule has 2 heterocycles. The molecule has 36 heavy (non-hydrogen) atoms. The number of rotatable bonds is 7. The van der Waals surface area contributed by atoms with Gasteiger partial charge in [0.15, 0.2) is 0 Å². The van der Waals surface area contributed by atoms with Gasteiger partial charge in [0, 0.05) is 30.4 Å². The minimum atomic E-state index is -3.67. The third kappa shape index (κ3) is 5.56. The van der Waals surface area contributed by atoms with Gasteiger partial charge in [0.05, 0.1) is 17.2 Å². The molecule has 0 radical (unpaired) electrons. The Morgan fingerprint density at radius 1 is 1.08 bits per heavy atom. The van der Waals surface area contributed by atoms with Crippen LogP contribution in [0, 0.1) is 11.3 Å².